The molecule has 0 aliphatic carbocycles. The Balaban J connectivity index is 4.30. The van der Waals surface area contributed by atoms with Crippen LogP contribution in [-0.2, 0) is 14.4 Å². The van der Waals surface area contributed by atoms with Gasteiger partial charge in [-0.05, 0) is 0 Å². The summed E-state index contributed by atoms with van der Waals surface area (Å²) in [5.74, 6) is -4.02. The fraction of sp³-hybridized carbons (Fsp3) is 0.667. The van der Waals surface area contributed by atoms with Gasteiger partial charge in [0, 0.05) is 19.5 Å². The van der Waals surface area contributed by atoms with E-state index in [0.29, 0.717) is 0 Å². The highest BCUT2D eigenvalue weighted by atomic mass is 16.4. The first-order chi connectivity index (χ1) is 11.1. The number of rotatable bonds is 13. The molecule has 0 spiro atoms. The number of hydrogen-bond acceptors (Lipinski definition) is 7. The molecule has 0 aromatic rings. The maximum absolute atomic E-state index is 11.1. The van der Waals surface area contributed by atoms with Gasteiger partial charge in [-0.2, -0.15) is 0 Å². The molecule has 0 rings (SSSR count). The quantitative estimate of drug-likeness (QED) is 0.0928. The molecule has 24 heavy (non-hydrogen) atoms. The van der Waals surface area contributed by atoms with E-state index in [1.54, 1.807) is 0 Å². The van der Waals surface area contributed by atoms with Crippen LogP contribution in [0.5, 0.6) is 0 Å². The number of nitrogens with zero attached hydrogens (tertiary/aromatic N) is 1. The molecule has 0 bridgehead atoms. The number of nitrogens with two attached hydrogens (primary N) is 2. The molecule has 10 N–H and O–H groups in total. The number of carbonyl (C=O) groups is 3. The highest BCUT2D eigenvalue weighted by Crippen LogP contribution is 2.00. The van der Waals surface area contributed by atoms with Crippen molar-refractivity contribution in [1.29, 1.82) is 0 Å². The fourth-order valence-corrected chi connectivity index (χ4v) is 1.74. The van der Waals surface area contributed by atoms with Crippen LogP contribution in [0, 0.1) is 0 Å². The van der Waals surface area contributed by atoms with Crippen LogP contribution in [0.2, 0.25) is 0 Å². The number of carboxylic acids is 3. The third-order valence-corrected chi connectivity index (χ3v) is 2.87. The molecule has 0 saturated heterocycles. The molecule has 12 heteroatoms. The Hall–Kier alpha value is -2.44. The van der Waals surface area contributed by atoms with E-state index in [4.69, 9.17) is 26.8 Å². The van der Waals surface area contributed by atoms with Crippen molar-refractivity contribution in [3.8, 4) is 0 Å². The summed E-state index contributed by atoms with van der Waals surface area (Å²) < 4.78 is 0. The van der Waals surface area contributed by atoms with Gasteiger partial charge in [-0.25, -0.2) is 0 Å². The summed E-state index contributed by atoms with van der Waals surface area (Å²) >= 11 is 0. The summed E-state index contributed by atoms with van der Waals surface area (Å²) in [7, 11) is 0. The maximum Gasteiger partial charge on any atom is 0.321 e. The van der Waals surface area contributed by atoms with E-state index in [0.717, 1.165) is 0 Å². The molecule has 3 atom stereocenters. The van der Waals surface area contributed by atoms with Crippen molar-refractivity contribution in [2.45, 2.75) is 31.0 Å². The first-order valence-corrected chi connectivity index (χ1v) is 7.01. The van der Waals surface area contributed by atoms with Gasteiger partial charge in [-0.15, -0.1) is 0 Å². The number of aliphatic carboxylic acids is 3. The van der Waals surface area contributed by atoms with E-state index < -0.39 is 42.5 Å². The Labute approximate surface area is 137 Å². The summed E-state index contributed by atoms with van der Waals surface area (Å²) in [5.41, 5.74) is 10.2. The Morgan fingerprint density at radius 3 is 1.88 bits per heavy atom. The zero-order valence-corrected chi connectivity index (χ0v) is 12.9. The number of carboxylic acid groups (broad SMARTS) is 3. The molecule has 0 heterocycles. The minimum atomic E-state index is -1.32. The highest BCUT2D eigenvalue weighted by molar-refractivity contribution is 5.80. The first-order valence-electron chi connectivity index (χ1n) is 7.01. The zero-order chi connectivity index (χ0) is 18.7. The van der Waals surface area contributed by atoms with Gasteiger partial charge in [0.25, 0.3) is 0 Å². The van der Waals surface area contributed by atoms with Crippen LogP contribution < -0.4 is 22.1 Å². The van der Waals surface area contributed by atoms with Gasteiger partial charge in [-0.1, -0.05) is 0 Å². The predicted molar refractivity (Wildman–Crippen MR) is 82.4 cm³/mol. The van der Waals surface area contributed by atoms with Crippen LogP contribution in [-0.4, -0.2) is 82.1 Å². The van der Waals surface area contributed by atoms with Crippen LogP contribution in [0.15, 0.2) is 4.99 Å². The normalized spacial score (nSPS) is 14.4. The van der Waals surface area contributed by atoms with Gasteiger partial charge in [0.2, 0.25) is 0 Å². The fourth-order valence-electron chi connectivity index (χ4n) is 1.74. The molecule has 0 radical (unpaired) electrons. The monoisotopic (exact) mass is 349 g/mol. The van der Waals surface area contributed by atoms with Crippen molar-refractivity contribution < 1.29 is 34.8 Å². The van der Waals surface area contributed by atoms with Crippen molar-refractivity contribution in [2.24, 2.45) is 16.5 Å². The Kier molecular flexibility index (Phi) is 10.0. The number of aliphatic imine (C=N–C) groups is 1. The van der Waals surface area contributed by atoms with Crippen molar-refractivity contribution in [1.82, 2.24) is 10.6 Å². The van der Waals surface area contributed by atoms with Crippen LogP contribution in [0.3, 0.4) is 0 Å². The van der Waals surface area contributed by atoms with Gasteiger partial charge in [0.1, 0.15) is 12.1 Å². The average molecular weight is 349 g/mol. The number of nitrogens with one attached hydrogen (secondary N) is 2. The lowest BCUT2D eigenvalue weighted by Crippen LogP contribution is -2.46. The molecule has 0 aliphatic rings. The third-order valence-electron chi connectivity index (χ3n) is 2.87. The second-order valence-electron chi connectivity index (χ2n) is 4.94. The lowest BCUT2D eigenvalue weighted by atomic mass is 10.1. The van der Waals surface area contributed by atoms with E-state index >= 15 is 0 Å². The van der Waals surface area contributed by atoms with Crippen LogP contribution in [0.25, 0.3) is 0 Å². The van der Waals surface area contributed by atoms with E-state index in [1.165, 1.54) is 0 Å². The molecule has 0 aromatic heterocycles. The standard InChI is InChI=1S/C12H23N5O7/c13-12(14)17-5-6(18)3-7(10(21)22)15-1-2-16-8(11(23)24)4-9(19)20/h6-8,15-16,18H,1-5H2,(H,19,20)(H,21,22)(H,23,24)(H4,13,14,17). The molecule has 0 fully saturated rings. The summed E-state index contributed by atoms with van der Waals surface area (Å²) in [6.07, 6.45) is -1.84. The van der Waals surface area contributed by atoms with E-state index in [9.17, 15) is 19.5 Å². The lowest BCUT2D eigenvalue weighted by Gasteiger charge is -2.18. The topological polar surface area (TPSA) is 221 Å². The summed E-state index contributed by atoms with van der Waals surface area (Å²) in [6.45, 7) is -0.0703. The summed E-state index contributed by atoms with van der Waals surface area (Å²) in [6, 6.07) is -2.38. The molecule has 12 nitrogen and oxygen atoms in total. The Bertz CT molecular complexity index is 467. The molecule has 3 unspecified atom stereocenters. The Morgan fingerprint density at radius 1 is 0.958 bits per heavy atom. The smallest absolute Gasteiger partial charge is 0.321 e. The van der Waals surface area contributed by atoms with Crippen molar-refractivity contribution >= 4 is 23.9 Å². The Morgan fingerprint density at radius 2 is 1.46 bits per heavy atom. The van der Waals surface area contributed by atoms with Gasteiger partial charge < -0.3 is 42.5 Å². The summed E-state index contributed by atoms with van der Waals surface area (Å²) in [4.78, 5) is 36.0. The molecular weight excluding hydrogens is 326 g/mol. The zero-order valence-electron chi connectivity index (χ0n) is 12.9. The SMILES string of the molecule is NC(N)=NCC(O)CC(NCCNC(CC(=O)O)C(=O)O)C(=O)O. The van der Waals surface area contributed by atoms with E-state index in [1.807, 2.05) is 0 Å². The van der Waals surface area contributed by atoms with Gasteiger partial charge in [-0.3, -0.25) is 19.4 Å². The molecule has 138 valence electrons. The van der Waals surface area contributed by atoms with Crippen molar-refractivity contribution in [3.05, 3.63) is 0 Å². The van der Waals surface area contributed by atoms with Crippen LogP contribution in [0.1, 0.15) is 12.8 Å². The van der Waals surface area contributed by atoms with E-state index in [2.05, 4.69) is 15.6 Å². The largest absolute Gasteiger partial charge is 0.481 e. The molecule has 0 aliphatic heterocycles. The van der Waals surface area contributed by atoms with Crippen molar-refractivity contribution in [2.75, 3.05) is 19.6 Å². The average Bonchev–Trinajstić information content (AvgIpc) is 2.45. The number of aliphatic hydroxyl groups is 1. The lowest BCUT2D eigenvalue weighted by molar-refractivity contribution is -0.145. The number of hydrogen-bond donors (Lipinski definition) is 8. The van der Waals surface area contributed by atoms with Gasteiger partial charge >= 0.3 is 17.9 Å². The molecule has 0 aromatic carbocycles. The minimum absolute atomic E-state index is 0.0258. The minimum Gasteiger partial charge on any atom is -0.481 e. The van der Waals surface area contributed by atoms with Crippen molar-refractivity contribution in [3.63, 3.8) is 0 Å². The van der Waals surface area contributed by atoms with E-state index in [-0.39, 0.29) is 32.0 Å². The molecule has 0 amide bonds. The second kappa shape index (κ2) is 11.2. The third kappa shape index (κ3) is 10.3. The number of guanidine groups is 1. The molecular formula is C12H23N5O7. The van der Waals surface area contributed by atoms with Crippen LogP contribution >= 0.6 is 0 Å². The second-order valence-corrected chi connectivity index (χ2v) is 4.94. The van der Waals surface area contributed by atoms with Gasteiger partial charge in [0.05, 0.1) is 19.1 Å². The number of aliphatic hydroxyl groups excluding tert-OH is 1. The maximum atomic E-state index is 11.1. The van der Waals surface area contributed by atoms with Crippen LogP contribution in [0.4, 0.5) is 0 Å². The predicted octanol–water partition coefficient (Wildman–Crippen LogP) is -3.43. The van der Waals surface area contributed by atoms with Gasteiger partial charge in [0.15, 0.2) is 5.96 Å². The first kappa shape index (κ1) is 21.6. The highest BCUT2D eigenvalue weighted by Gasteiger charge is 2.22. The molecule has 0 saturated carbocycles. The summed E-state index contributed by atoms with van der Waals surface area (Å²) in [5, 5.41) is 41.2.